The third-order valence-corrected chi connectivity index (χ3v) is 4.89. The number of nitrogens with two attached hydrogens (primary N) is 1. The number of nitrogen functional groups attached to an aromatic ring is 1. The van der Waals surface area contributed by atoms with Crippen LogP contribution in [-0.2, 0) is 0 Å². The molecule has 3 N–H and O–H groups in total. The van der Waals surface area contributed by atoms with Gasteiger partial charge in [-0.05, 0) is 42.0 Å². The summed E-state index contributed by atoms with van der Waals surface area (Å²) < 4.78 is 13.1. The Morgan fingerprint density at radius 1 is 1.12 bits per heavy atom. The van der Waals surface area contributed by atoms with E-state index in [-0.39, 0.29) is 17.1 Å². The van der Waals surface area contributed by atoms with Crippen LogP contribution in [0.25, 0.3) is 10.4 Å². The number of nitriles is 1. The summed E-state index contributed by atoms with van der Waals surface area (Å²) in [5.74, 6) is -0.376. The van der Waals surface area contributed by atoms with Gasteiger partial charge in [0.25, 0.3) is 0 Å². The number of halogens is 2. The van der Waals surface area contributed by atoms with E-state index in [1.807, 2.05) is 6.07 Å². The van der Waals surface area contributed by atoms with E-state index in [0.717, 1.165) is 5.56 Å². The first-order valence-corrected chi connectivity index (χ1v) is 8.34. The summed E-state index contributed by atoms with van der Waals surface area (Å²) in [6, 6.07) is 14.4. The highest BCUT2D eigenvalue weighted by Crippen LogP contribution is 2.36. The minimum atomic E-state index is -0.546. The Balaban J connectivity index is 2.14. The molecule has 0 aliphatic rings. The van der Waals surface area contributed by atoms with Crippen LogP contribution in [0, 0.1) is 17.1 Å². The number of rotatable bonds is 3. The molecule has 0 saturated carbocycles. The van der Waals surface area contributed by atoms with E-state index >= 15 is 0 Å². The summed E-state index contributed by atoms with van der Waals surface area (Å²) in [5.41, 5.74) is 6.60. The molecular formula is C18H11ClFN3OS. The van der Waals surface area contributed by atoms with Gasteiger partial charge in [-0.2, -0.15) is 5.26 Å². The topological polar surface area (TPSA) is 78.9 Å². The number of nitrogens with zero attached hydrogens (tertiary/aromatic N) is 1. The van der Waals surface area contributed by atoms with Crippen molar-refractivity contribution in [1.29, 1.82) is 5.26 Å². The number of hydrogen-bond acceptors (Lipinski definition) is 5. The molecular weight excluding hydrogens is 361 g/mol. The van der Waals surface area contributed by atoms with Crippen molar-refractivity contribution in [2.75, 3.05) is 11.1 Å². The van der Waals surface area contributed by atoms with Gasteiger partial charge in [0.2, 0.25) is 5.43 Å². The largest absolute Gasteiger partial charge is 0.394 e. The Morgan fingerprint density at radius 2 is 1.76 bits per heavy atom. The zero-order chi connectivity index (χ0) is 18.0. The Labute approximate surface area is 151 Å². The lowest BCUT2D eigenvalue weighted by atomic mass is 10.1. The van der Waals surface area contributed by atoms with Crippen molar-refractivity contribution in [3.63, 3.8) is 0 Å². The van der Waals surface area contributed by atoms with E-state index in [9.17, 15) is 14.4 Å². The number of anilines is 3. The Hall–Kier alpha value is -2.88. The second kappa shape index (κ2) is 6.93. The zero-order valence-electron chi connectivity index (χ0n) is 12.7. The lowest BCUT2D eigenvalue weighted by Gasteiger charge is -2.11. The first kappa shape index (κ1) is 17.0. The van der Waals surface area contributed by atoms with E-state index in [0.29, 0.717) is 20.6 Å². The molecule has 0 amide bonds. The number of benzene rings is 2. The summed E-state index contributed by atoms with van der Waals surface area (Å²) in [4.78, 5) is 13.0. The van der Waals surface area contributed by atoms with Gasteiger partial charge in [0.1, 0.15) is 22.5 Å². The van der Waals surface area contributed by atoms with Crippen LogP contribution in [-0.4, -0.2) is 0 Å². The predicted molar refractivity (Wildman–Crippen MR) is 99.8 cm³/mol. The Kier molecular flexibility index (Phi) is 4.70. The fourth-order valence-electron chi connectivity index (χ4n) is 2.22. The van der Waals surface area contributed by atoms with Crippen LogP contribution in [0.4, 0.5) is 20.8 Å². The second-order valence-corrected chi connectivity index (χ2v) is 6.59. The van der Waals surface area contributed by atoms with Gasteiger partial charge in [-0.25, -0.2) is 4.39 Å². The minimum Gasteiger partial charge on any atom is -0.394 e. The molecule has 25 heavy (non-hydrogen) atoms. The summed E-state index contributed by atoms with van der Waals surface area (Å²) in [6.45, 7) is 0. The summed E-state index contributed by atoms with van der Waals surface area (Å²) in [5, 5.41) is 13.2. The van der Waals surface area contributed by atoms with Crippen molar-refractivity contribution < 1.29 is 4.39 Å². The van der Waals surface area contributed by atoms with Crippen molar-refractivity contribution in [2.45, 2.75) is 0 Å². The maximum Gasteiger partial charge on any atom is 0.223 e. The highest BCUT2D eigenvalue weighted by atomic mass is 35.5. The molecule has 3 aromatic rings. The van der Waals surface area contributed by atoms with E-state index in [2.05, 4.69) is 5.32 Å². The average Bonchev–Trinajstić information content (AvgIpc) is 2.61. The molecule has 0 saturated heterocycles. The number of nitrogens with one attached hydrogen (secondary N) is 1. The van der Waals surface area contributed by atoms with Crippen molar-refractivity contribution >= 4 is 39.3 Å². The molecule has 0 spiro atoms. The maximum absolute atomic E-state index is 13.1. The van der Waals surface area contributed by atoms with Crippen LogP contribution in [0.15, 0.2) is 53.3 Å². The quantitative estimate of drug-likeness (QED) is 0.695. The first-order valence-electron chi connectivity index (χ1n) is 7.15. The van der Waals surface area contributed by atoms with Gasteiger partial charge < -0.3 is 11.1 Å². The molecule has 0 aliphatic carbocycles. The summed E-state index contributed by atoms with van der Waals surface area (Å²) in [7, 11) is 0. The van der Waals surface area contributed by atoms with Crippen LogP contribution in [0.2, 0.25) is 5.02 Å². The molecule has 1 heterocycles. The van der Waals surface area contributed by atoms with Crippen LogP contribution in [0.3, 0.4) is 0 Å². The fraction of sp³-hybridized carbons (Fsp3) is 0. The van der Waals surface area contributed by atoms with Crippen molar-refractivity contribution in [3.05, 3.63) is 75.2 Å². The molecule has 0 unspecified atom stereocenters. The first-order chi connectivity index (χ1) is 12.0. The maximum atomic E-state index is 13.1. The molecule has 4 nitrogen and oxygen atoms in total. The smallest absolute Gasteiger partial charge is 0.223 e. The highest BCUT2D eigenvalue weighted by Gasteiger charge is 2.17. The molecule has 1 aromatic heterocycles. The molecule has 3 rings (SSSR count). The fourth-order valence-corrected chi connectivity index (χ4v) is 3.41. The molecule has 124 valence electrons. The number of hydrogen-bond donors (Lipinski definition) is 2. The van der Waals surface area contributed by atoms with Gasteiger partial charge in [0, 0.05) is 10.7 Å². The van der Waals surface area contributed by atoms with E-state index in [1.165, 1.54) is 35.6 Å². The summed E-state index contributed by atoms with van der Waals surface area (Å²) >= 11 is 7.07. The van der Waals surface area contributed by atoms with Gasteiger partial charge in [-0.15, -0.1) is 11.3 Å². The average molecular weight is 372 g/mol. The Bertz CT molecular complexity index is 1020. The lowest BCUT2D eigenvalue weighted by Crippen LogP contribution is -2.14. The van der Waals surface area contributed by atoms with Gasteiger partial charge in [0.05, 0.1) is 10.6 Å². The molecule has 0 radical (unpaired) electrons. The third-order valence-electron chi connectivity index (χ3n) is 3.47. The van der Waals surface area contributed by atoms with Gasteiger partial charge in [-0.3, -0.25) is 4.79 Å². The minimum absolute atomic E-state index is 0.00790. The molecule has 0 fully saturated rings. The van der Waals surface area contributed by atoms with Crippen LogP contribution < -0.4 is 16.5 Å². The van der Waals surface area contributed by atoms with Gasteiger partial charge in [0.15, 0.2) is 0 Å². The summed E-state index contributed by atoms with van der Waals surface area (Å²) in [6.07, 6.45) is 0. The molecule has 0 aliphatic heterocycles. The normalized spacial score (nSPS) is 10.3. The molecule has 7 heteroatoms. The predicted octanol–water partition coefficient (Wildman–Crippen LogP) is 4.77. The third kappa shape index (κ3) is 3.48. The van der Waals surface area contributed by atoms with Crippen LogP contribution >= 0.6 is 22.9 Å². The van der Waals surface area contributed by atoms with Crippen LogP contribution in [0.5, 0.6) is 0 Å². The van der Waals surface area contributed by atoms with E-state index in [1.54, 1.807) is 24.3 Å². The second-order valence-electron chi connectivity index (χ2n) is 5.13. The van der Waals surface area contributed by atoms with E-state index < -0.39 is 5.43 Å². The SMILES string of the molecule is N#Cc1c(Nc2ccc(F)cc2)sc(-c2ccc(Cl)cc2)c(N)c1=O. The standard InChI is InChI=1S/C18H11ClFN3OS/c19-11-3-1-10(2-4-11)17-15(22)16(24)14(9-21)18(25-17)23-13-7-5-12(20)6-8-13/h1-8,23H,22H2. The van der Waals surface area contributed by atoms with Gasteiger partial charge in [-0.1, -0.05) is 23.7 Å². The van der Waals surface area contributed by atoms with Gasteiger partial charge >= 0.3 is 0 Å². The molecule has 0 atom stereocenters. The van der Waals surface area contributed by atoms with Crippen LogP contribution in [0.1, 0.15) is 5.56 Å². The monoisotopic (exact) mass is 371 g/mol. The van der Waals surface area contributed by atoms with E-state index in [4.69, 9.17) is 17.3 Å². The van der Waals surface area contributed by atoms with Crippen molar-refractivity contribution in [1.82, 2.24) is 0 Å². The van der Waals surface area contributed by atoms with Crippen molar-refractivity contribution in [2.24, 2.45) is 0 Å². The highest BCUT2D eigenvalue weighted by molar-refractivity contribution is 7.19. The lowest BCUT2D eigenvalue weighted by molar-refractivity contribution is 0.628. The Morgan fingerprint density at radius 3 is 2.36 bits per heavy atom. The zero-order valence-corrected chi connectivity index (χ0v) is 14.3. The van der Waals surface area contributed by atoms with Crippen molar-refractivity contribution in [3.8, 4) is 16.5 Å². The molecule has 2 aromatic carbocycles. The molecule has 0 bridgehead atoms.